The molecule has 5 heteroatoms. The number of ether oxygens (including phenoxy) is 3. The third-order valence-corrected chi connectivity index (χ3v) is 2.63. The molecule has 0 fully saturated rings. The van der Waals surface area contributed by atoms with Crippen LogP contribution in [0.25, 0.3) is 0 Å². The van der Waals surface area contributed by atoms with Crippen molar-refractivity contribution < 1.29 is 19.4 Å². The lowest BCUT2D eigenvalue weighted by molar-refractivity contribution is -0.132. The maximum absolute atomic E-state index is 9.53. The molecule has 0 radical (unpaired) electrons. The Labute approximate surface area is 106 Å². The molecule has 0 spiro atoms. The molecule has 1 aromatic rings. The van der Waals surface area contributed by atoms with E-state index in [-0.39, 0.29) is 13.5 Å². The number of hydrogen-bond donors (Lipinski definition) is 1. The number of fused-ring (bicyclic) bond motifs is 1. The predicted molar refractivity (Wildman–Crippen MR) is 66.1 cm³/mol. The van der Waals surface area contributed by atoms with Crippen LogP contribution < -0.4 is 14.2 Å². The summed E-state index contributed by atoms with van der Waals surface area (Å²) in [5.41, 5.74) is 0.941. The Morgan fingerprint density at radius 1 is 1.44 bits per heavy atom. The Balaban J connectivity index is 1.95. The Kier molecular flexibility index (Phi) is 4.07. The summed E-state index contributed by atoms with van der Waals surface area (Å²) in [6, 6.07) is 3.64. The fourth-order valence-corrected chi connectivity index (χ4v) is 1.63. The number of hydrogen-bond acceptors (Lipinski definition) is 5. The lowest BCUT2D eigenvalue weighted by atomic mass is 10.2. The third kappa shape index (κ3) is 2.94. The van der Waals surface area contributed by atoms with E-state index in [1.165, 1.54) is 0 Å². The average Bonchev–Trinajstić information content (AvgIpc) is 2.80. The maximum atomic E-state index is 9.53. The second-order valence-electron chi connectivity index (χ2n) is 4.05. The van der Waals surface area contributed by atoms with Crippen LogP contribution in [0.5, 0.6) is 17.2 Å². The average molecular weight is 251 g/mol. The fourth-order valence-electron chi connectivity index (χ4n) is 1.63. The van der Waals surface area contributed by atoms with Crippen LogP contribution in [0.4, 0.5) is 0 Å². The minimum Gasteiger partial charge on any atom is -0.476 e. The monoisotopic (exact) mass is 251 g/mol. The highest BCUT2D eigenvalue weighted by atomic mass is 16.7. The molecule has 0 aliphatic carbocycles. The van der Waals surface area contributed by atoms with Crippen molar-refractivity contribution in [2.75, 3.05) is 20.1 Å². The normalized spacial score (nSPS) is 12.8. The maximum Gasteiger partial charge on any atom is 0.231 e. The van der Waals surface area contributed by atoms with Gasteiger partial charge in [-0.05, 0) is 25.0 Å². The summed E-state index contributed by atoms with van der Waals surface area (Å²) < 4.78 is 16.1. The highest BCUT2D eigenvalue weighted by Crippen LogP contribution is 2.37. The van der Waals surface area contributed by atoms with Crippen molar-refractivity contribution in [3.63, 3.8) is 0 Å². The molecule has 1 aliphatic rings. The zero-order chi connectivity index (χ0) is 13.0. The molecule has 0 unspecified atom stereocenters. The molecule has 1 N–H and O–H groups in total. The van der Waals surface area contributed by atoms with E-state index in [0.717, 1.165) is 16.4 Å². The van der Waals surface area contributed by atoms with Gasteiger partial charge in [0.1, 0.15) is 5.75 Å². The second kappa shape index (κ2) is 5.75. The van der Waals surface area contributed by atoms with Crippen molar-refractivity contribution >= 4 is 0 Å². The number of rotatable bonds is 6. The van der Waals surface area contributed by atoms with Crippen LogP contribution in [0.15, 0.2) is 24.8 Å². The van der Waals surface area contributed by atoms with Crippen molar-refractivity contribution in [2.24, 2.45) is 0 Å². The van der Waals surface area contributed by atoms with Crippen molar-refractivity contribution in [1.29, 1.82) is 0 Å². The molecule has 0 bridgehead atoms. The molecule has 2 rings (SSSR count). The number of nitrogens with zero attached hydrogens (tertiary/aromatic N) is 1. The molecule has 0 aromatic heterocycles. The number of benzene rings is 1. The summed E-state index contributed by atoms with van der Waals surface area (Å²) in [7, 11) is 0. The van der Waals surface area contributed by atoms with Crippen LogP contribution in [0.3, 0.4) is 0 Å². The third-order valence-electron chi connectivity index (χ3n) is 2.63. The SMILES string of the molecule is C=CCCN(O)COc1cc2c(cc1C)OCO2. The second-order valence-corrected chi connectivity index (χ2v) is 4.05. The van der Waals surface area contributed by atoms with Crippen LogP contribution in [-0.4, -0.2) is 30.3 Å². The Bertz CT molecular complexity index is 433. The largest absolute Gasteiger partial charge is 0.476 e. The van der Waals surface area contributed by atoms with Gasteiger partial charge in [0.25, 0.3) is 0 Å². The number of aryl methyl sites for hydroxylation is 1. The zero-order valence-corrected chi connectivity index (χ0v) is 10.4. The standard InChI is InChI=1S/C13H17NO4/c1-3-4-5-14(15)8-16-11-7-13-12(6-10(11)2)17-9-18-13/h3,6-7,15H,1,4-5,8-9H2,2H3. The first kappa shape index (κ1) is 12.7. The van der Waals surface area contributed by atoms with E-state index in [2.05, 4.69) is 6.58 Å². The minimum absolute atomic E-state index is 0.105. The Morgan fingerprint density at radius 3 is 2.89 bits per heavy atom. The van der Waals surface area contributed by atoms with Gasteiger partial charge < -0.3 is 19.4 Å². The highest BCUT2D eigenvalue weighted by Gasteiger charge is 2.16. The van der Waals surface area contributed by atoms with Crippen LogP contribution >= 0.6 is 0 Å². The van der Waals surface area contributed by atoms with Gasteiger partial charge in [-0.1, -0.05) is 6.08 Å². The van der Waals surface area contributed by atoms with E-state index in [9.17, 15) is 5.21 Å². The highest BCUT2D eigenvalue weighted by molar-refractivity contribution is 5.51. The van der Waals surface area contributed by atoms with Gasteiger partial charge in [0, 0.05) is 12.6 Å². The smallest absolute Gasteiger partial charge is 0.231 e. The summed E-state index contributed by atoms with van der Waals surface area (Å²) in [5, 5.41) is 10.6. The van der Waals surface area contributed by atoms with E-state index in [1.54, 1.807) is 12.1 Å². The molecule has 0 saturated heterocycles. The van der Waals surface area contributed by atoms with Gasteiger partial charge in [0.05, 0.1) is 0 Å². The lowest BCUT2D eigenvalue weighted by Gasteiger charge is -2.16. The van der Waals surface area contributed by atoms with Gasteiger partial charge in [-0.25, -0.2) is 0 Å². The first-order chi connectivity index (χ1) is 8.70. The summed E-state index contributed by atoms with van der Waals surface area (Å²) in [6.45, 7) is 6.35. The quantitative estimate of drug-likeness (QED) is 0.477. The lowest BCUT2D eigenvalue weighted by Crippen LogP contribution is -2.25. The van der Waals surface area contributed by atoms with E-state index < -0.39 is 0 Å². The van der Waals surface area contributed by atoms with Crippen molar-refractivity contribution in [3.8, 4) is 17.2 Å². The van der Waals surface area contributed by atoms with E-state index in [0.29, 0.717) is 24.5 Å². The van der Waals surface area contributed by atoms with Gasteiger partial charge in [-0.2, -0.15) is 5.06 Å². The molecule has 18 heavy (non-hydrogen) atoms. The molecule has 98 valence electrons. The molecule has 0 amide bonds. The minimum atomic E-state index is 0.105. The molecule has 0 atom stereocenters. The summed E-state index contributed by atoms with van der Waals surface area (Å²) >= 11 is 0. The molecule has 0 saturated carbocycles. The summed E-state index contributed by atoms with van der Waals surface area (Å²) in [5.74, 6) is 2.08. The van der Waals surface area contributed by atoms with E-state index in [4.69, 9.17) is 14.2 Å². The summed E-state index contributed by atoms with van der Waals surface area (Å²) in [6.07, 6.45) is 2.45. The molecular formula is C13H17NO4. The Hall–Kier alpha value is -1.72. The van der Waals surface area contributed by atoms with Crippen LogP contribution in [0.1, 0.15) is 12.0 Å². The molecule has 1 heterocycles. The molecule has 1 aliphatic heterocycles. The number of hydroxylamine groups is 2. The van der Waals surface area contributed by atoms with Crippen molar-refractivity contribution in [1.82, 2.24) is 5.06 Å². The van der Waals surface area contributed by atoms with Crippen LogP contribution in [0.2, 0.25) is 0 Å². The van der Waals surface area contributed by atoms with Gasteiger partial charge in [0.2, 0.25) is 6.79 Å². The Morgan fingerprint density at radius 2 is 2.17 bits per heavy atom. The zero-order valence-electron chi connectivity index (χ0n) is 10.4. The van der Waals surface area contributed by atoms with Crippen LogP contribution in [-0.2, 0) is 0 Å². The summed E-state index contributed by atoms with van der Waals surface area (Å²) in [4.78, 5) is 0. The van der Waals surface area contributed by atoms with Gasteiger partial charge in [0.15, 0.2) is 18.2 Å². The molecular weight excluding hydrogens is 234 g/mol. The van der Waals surface area contributed by atoms with Crippen LogP contribution in [0, 0.1) is 6.92 Å². The van der Waals surface area contributed by atoms with Gasteiger partial charge in [-0.15, -0.1) is 6.58 Å². The van der Waals surface area contributed by atoms with Gasteiger partial charge >= 0.3 is 0 Å². The van der Waals surface area contributed by atoms with Crippen molar-refractivity contribution in [2.45, 2.75) is 13.3 Å². The first-order valence-corrected chi connectivity index (χ1v) is 5.78. The van der Waals surface area contributed by atoms with E-state index >= 15 is 0 Å². The van der Waals surface area contributed by atoms with E-state index in [1.807, 2.05) is 13.0 Å². The first-order valence-electron chi connectivity index (χ1n) is 5.78. The van der Waals surface area contributed by atoms with Crippen molar-refractivity contribution in [3.05, 3.63) is 30.4 Å². The molecule has 1 aromatic carbocycles. The molecule has 5 nitrogen and oxygen atoms in total. The van der Waals surface area contributed by atoms with Gasteiger partial charge in [-0.3, -0.25) is 0 Å². The predicted octanol–water partition coefficient (Wildman–Crippen LogP) is 2.33. The fraction of sp³-hybridized carbons (Fsp3) is 0.385. The topological polar surface area (TPSA) is 51.2 Å².